The minimum Gasteiger partial charge on any atom is -0.497 e. The first-order chi connectivity index (χ1) is 16.3. The van der Waals surface area contributed by atoms with Gasteiger partial charge in [0.1, 0.15) is 5.75 Å². The second kappa shape index (κ2) is 12.3. The van der Waals surface area contributed by atoms with Gasteiger partial charge in [0, 0.05) is 33.1 Å². The lowest BCUT2D eigenvalue weighted by Gasteiger charge is -2.30. The molecule has 0 spiro atoms. The summed E-state index contributed by atoms with van der Waals surface area (Å²) in [5.41, 5.74) is 1.10. The van der Waals surface area contributed by atoms with Crippen molar-refractivity contribution >= 4 is 15.9 Å². The molecule has 1 atom stereocenters. The van der Waals surface area contributed by atoms with Crippen molar-refractivity contribution in [1.82, 2.24) is 9.21 Å². The number of carbonyl (C=O) groups is 1. The van der Waals surface area contributed by atoms with Crippen LogP contribution in [0.5, 0.6) is 5.75 Å². The summed E-state index contributed by atoms with van der Waals surface area (Å²) in [6.07, 6.45) is 3.85. The minimum absolute atomic E-state index is 0.0556. The number of hydrogen-bond donors (Lipinski definition) is 1. The van der Waals surface area contributed by atoms with Gasteiger partial charge in [-0.3, -0.25) is 4.79 Å². The third-order valence-electron chi connectivity index (χ3n) is 6.44. The summed E-state index contributed by atoms with van der Waals surface area (Å²) >= 11 is 0. The number of sulfonamides is 1. The Balaban J connectivity index is 1.71. The van der Waals surface area contributed by atoms with Crippen molar-refractivity contribution in [3.05, 3.63) is 60.2 Å². The maximum atomic E-state index is 13.5. The highest BCUT2D eigenvalue weighted by atomic mass is 32.2. The number of rotatable bonds is 12. The fraction of sp³-hybridized carbons (Fsp3) is 0.500. The molecule has 1 N–H and O–H groups in total. The molecule has 8 heteroatoms. The highest BCUT2D eigenvalue weighted by Crippen LogP contribution is 2.28. The molecule has 1 fully saturated rings. The van der Waals surface area contributed by atoms with Crippen molar-refractivity contribution in [2.24, 2.45) is 5.92 Å². The topological polar surface area (TPSA) is 87.2 Å². The Bertz CT molecular complexity index is 1010. The van der Waals surface area contributed by atoms with Crippen LogP contribution in [0.3, 0.4) is 0 Å². The predicted octanol–water partition coefficient (Wildman–Crippen LogP) is 3.33. The Hall–Kier alpha value is -2.42. The number of nitrogens with zero attached hydrogens (tertiary/aromatic N) is 2. The summed E-state index contributed by atoms with van der Waals surface area (Å²) in [6, 6.07) is 16.2. The van der Waals surface area contributed by atoms with E-state index in [0.29, 0.717) is 25.3 Å². The lowest BCUT2D eigenvalue weighted by atomic mass is 10.1. The summed E-state index contributed by atoms with van der Waals surface area (Å²) in [6.45, 7) is 2.34. The lowest BCUT2D eigenvalue weighted by molar-refractivity contribution is -0.130. The molecule has 0 aromatic heterocycles. The molecule has 7 nitrogen and oxygen atoms in total. The number of amides is 1. The van der Waals surface area contributed by atoms with Crippen LogP contribution in [-0.2, 0) is 21.2 Å². The van der Waals surface area contributed by atoms with Crippen molar-refractivity contribution < 1.29 is 23.1 Å². The van der Waals surface area contributed by atoms with Crippen LogP contribution in [0.4, 0.5) is 0 Å². The standard InChI is InChI=1S/C26H36N2O5S/c1-21(29)27(17-16-22-8-4-3-5-9-22)19-24(30)20-28(18-23-10-6-7-11-23)34(31,32)26-14-12-25(33-2)13-15-26/h3-5,8-9,12-15,23-24,30H,6-7,10-11,16-20H2,1-2H3/t24-/m0/s1. The van der Waals surface area contributed by atoms with E-state index in [9.17, 15) is 18.3 Å². The number of ether oxygens (including phenoxy) is 1. The highest BCUT2D eigenvalue weighted by Gasteiger charge is 2.31. The van der Waals surface area contributed by atoms with Crippen LogP contribution in [0.15, 0.2) is 59.5 Å². The molecule has 1 saturated carbocycles. The van der Waals surface area contributed by atoms with Gasteiger partial charge < -0.3 is 14.7 Å². The summed E-state index contributed by atoms with van der Waals surface area (Å²) in [5.74, 6) is 0.717. The van der Waals surface area contributed by atoms with Gasteiger partial charge in [-0.1, -0.05) is 43.2 Å². The summed E-state index contributed by atoms with van der Waals surface area (Å²) in [4.78, 5) is 14.0. The van der Waals surface area contributed by atoms with Crippen molar-refractivity contribution in [2.75, 3.05) is 33.3 Å². The first-order valence-electron chi connectivity index (χ1n) is 11.9. The Morgan fingerprint density at radius 1 is 1.06 bits per heavy atom. The van der Waals surface area contributed by atoms with E-state index >= 15 is 0 Å². The SMILES string of the molecule is COc1ccc(S(=O)(=O)N(CC2CCCC2)C[C@@H](O)CN(CCc2ccccc2)C(C)=O)cc1. The fourth-order valence-electron chi connectivity index (χ4n) is 4.48. The Morgan fingerprint density at radius 3 is 2.29 bits per heavy atom. The van der Waals surface area contributed by atoms with Gasteiger partial charge in [0.25, 0.3) is 0 Å². The molecule has 1 aliphatic rings. The zero-order valence-corrected chi connectivity index (χ0v) is 20.9. The van der Waals surface area contributed by atoms with Crippen LogP contribution >= 0.6 is 0 Å². The first kappa shape index (κ1) is 26.2. The van der Waals surface area contributed by atoms with Crippen molar-refractivity contribution in [3.8, 4) is 5.75 Å². The number of benzene rings is 2. The van der Waals surface area contributed by atoms with Gasteiger partial charge in [-0.05, 0) is 55.0 Å². The fourth-order valence-corrected chi connectivity index (χ4v) is 6.04. The number of aliphatic hydroxyl groups excluding tert-OH is 1. The van der Waals surface area contributed by atoms with E-state index in [1.807, 2.05) is 30.3 Å². The molecular weight excluding hydrogens is 452 g/mol. The maximum Gasteiger partial charge on any atom is 0.243 e. The van der Waals surface area contributed by atoms with Gasteiger partial charge in [-0.15, -0.1) is 0 Å². The Morgan fingerprint density at radius 2 is 1.71 bits per heavy atom. The van der Waals surface area contributed by atoms with Crippen LogP contribution < -0.4 is 4.74 Å². The molecule has 0 heterocycles. The molecule has 0 unspecified atom stereocenters. The van der Waals surface area contributed by atoms with Crippen LogP contribution in [0.25, 0.3) is 0 Å². The summed E-state index contributed by atoms with van der Waals surface area (Å²) in [5, 5.41) is 10.9. The molecule has 2 aromatic rings. The molecule has 0 bridgehead atoms. The number of aliphatic hydroxyl groups is 1. The van der Waals surface area contributed by atoms with Crippen molar-refractivity contribution in [2.45, 2.75) is 50.0 Å². The minimum atomic E-state index is -3.81. The van der Waals surface area contributed by atoms with Crippen LogP contribution in [-0.4, -0.2) is 68.0 Å². The first-order valence-corrected chi connectivity index (χ1v) is 13.4. The van der Waals surface area contributed by atoms with Gasteiger partial charge in [0.15, 0.2) is 0 Å². The van der Waals surface area contributed by atoms with E-state index in [-0.39, 0.29) is 29.8 Å². The zero-order chi connectivity index (χ0) is 24.6. The van der Waals surface area contributed by atoms with Crippen molar-refractivity contribution in [1.29, 1.82) is 0 Å². The highest BCUT2D eigenvalue weighted by molar-refractivity contribution is 7.89. The lowest BCUT2D eigenvalue weighted by Crippen LogP contribution is -2.45. The van der Waals surface area contributed by atoms with Gasteiger partial charge in [0.05, 0.1) is 18.1 Å². The smallest absolute Gasteiger partial charge is 0.243 e. The van der Waals surface area contributed by atoms with Crippen LogP contribution in [0.2, 0.25) is 0 Å². The van der Waals surface area contributed by atoms with Gasteiger partial charge >= 0.3 is 0 Å². The Kier molecular flexibility index (Phi) is 9.50. The van der Waals surface area contributed by atoms with E-state index in [0.717, 1.165) is 31.2 Å². The number of carbonyl (C=O) groups excluding carboxylic acids is 1. The van der Waals surface area contributed by atoms with E-state index in [1.54, 1.807) is 17.0 Å². The largest absolute Gasteiger partial charge is 0.497 e. The van der Waals surface area contributed by atoms with E-state index in [2.05, 4.69) is 0 Å². The number of methoxy groups -OCH3 is 1. The maximum absolute atomic E-state index is 13.5. The Labute approximate surface area is 203 Å². The zero-order valence-electron chi connectivity index (χ0n) is 20.1. The van der Waals surface area contributed by atoms with E-state index < -0.39 is 16.1 Å². The molecule has 0 aliphatic heterocycles. The molecule has 0 saturated heterocycles. The van der Waals surface area contributed by atoms with Crippen molar-refractivity contribution in [3.63, 3.8) is 0 Å². The molecule has 1 amide bonds. The molecule has 186 valence electrons. The quantitative estimate of drug-likeness (QED) is 0.495. The third-order valence-corrected chi connectivity index (χ3v) is 8.28. The second-order valence-electron chi connectivity index (χ2n) is 9.00. The molecule has 3 rings (SSSR count). The van der Waals surface area contributed by atoms with Gasteiger partial charge in [0.2, 0.25) is 15.9 Å². The summed E-state index contributed by atoms with van der Waals surface area (Å²) in [7, 11) is -2.27. The van der Waals surface area contributed by atoms with E-state index in [4.69, 9.17) is 4.74 Å². The average Bonchev–Trinajstić information content (AvgIpc) is 3.35. The van der Waals surface area contributed by atoms with Gasteiger partial charge in [-0.25, -0.2) is 8.42 Å². The van der Waals surface area contributed by atoms with E-state index in [1.165, 1.54) is 30.5 Å². The molecule has 0 radical (unpaired) electrons. The second-order valence-corrected chi connectivity index (χ2v) is 10.9. The third kappa shape index (κ3) is 7.29. The average molecular weight is 489 g/mol. The normalized spacial score (nSPS) is 15.4. The molecule has 34 heavy (non-hydrogen) atoms. The molecule has 2 aromatic carbocycles. The number of hydrogen-bond acceptors (Lipinski definition) is 5. The van der Waals surface area contributed by atoms with Gasteiger partial charge in [-0.2, -0.15) is 4.31 Å². The predicted molar refractivity (Wildman–Crippen MR) is 132 cm³/mol. The van der Waals surface area contributed by atoms with Crippen LogP contribution in [0.1, 0.15) is 38.2 Å². The summed E-state index contributed by atoms with van der Waals surface area (Å²) < 4.78 is 33.5. The van der Waals surface area contributed by atoms with Crippen LogP contribution in [0, 0.1) is 5.92 Å². The molecular formula is C26H36N2O5S. The monoisotopic (exact) mass is 488 g/mol. The molecule has 1 aliphatic carbocycles.